The number of para-hydroxylation sites is 1. The largest absolute Gasteiger partial charge is 0.469 e. The summed E-state index contributed by atoms with van der Waals surface area (Å²) in [4.78, 5) is 38.3. The molecule has 3 heterocycles. The van der Waals surface area contributed by atoms with Crippen LogP contribution in [-0.4, -0.2) is 41.0 Å². The minimum absolute atomic E-state index is 0.222. The number of rotatable bonds is 2. The molecule has 8 nitrogen and oxygen atoms in total. The maximum absolute atomic E-state index is 13.1. The monoisotopic (exact) mass is 399 g/mol. The highest BCUT2D eigenvalue weighted by Gasteiger charge is 2.55. The Balaban J connectivity index is 1.67. The van der Waals surface area contributed by atoms with Gasteiger partial charge in [-0.2, -0.15) is 0 Å². The van der Waals surface area contributed by atoms with Gasteiger partial charge in [-0.1, -0.05) is 18.2 Å². The van der Waals surface area contributed by atoms with Gasteiger partial charge in [-0.05, 0) is 33.8 Å². The molecule has 3 unspecified atom stereocenters. The standard InChI is InChI=1S/C21H21NO7/c1-11-9-15(28-19(11)24)26-10-13-16-12-7-5-6-8-14(12)27-18(16)22(17(13)23)20(25)29-21(2,3)4/h5-10,15-16,18H,1-4H3/b13-10+. The van der Waals surface area contributed by atoms with Crippen molar-refractivity contribution >= 4 is 18.0 Å². The number of carbonyl (C=O) groups excluding carboxylic acids is 3. The lowest BCUT2D eigenvalue weighted by Gasteiger charge is -2.26. The molecule has 0 N–H and O–H groups in total. The van der Waals surface area contributed by atoms with Gasteiger partial charge in [0.05, 0.1) is 17.8 Å². The van der Waals surface area contributed by atoms with Gasteiger partial charge in [0.15, 0.2) is 6.23 Å². The van der Waals surface area contributed by atoms with Crippen LogP contribution in [0.5, 0.6) is 5.75 Å². The quantitative estimate of drug-likeness (QED) is 0.429. The predicted molar refractivity (Wildman–Crippen MR) is 99.5 cm³/mol. The van der Waals surface area contributed by atoms with Crippen molar-refractivity contribution in [2.24, 2.45) is 0 Å². The third-order valence-corrected chi connectivity index (χ3v) is 4.69. The van der Waals surface area contributed by atoms with Gasteiger partial charge in [0.1, 0.15) is 11.4 Å². The summed E-state index contributed by atoms with van der Waals surface area (Å²) in [5.41, 5.74) is 0.637. The molecule has 1 aromatic rings. The lowest BCUT2D eigenvalue weighted by atomic mass is 9.94. The molecule has 0 bridgehead atoms. The van der Waals surface area contributed by atoms with Crippen molar-refractivity contribution in [3.63, 3.8) is 0 Å². The van der Waals surface area contributed by atoms with Gasteiger partial charge in [-0.3, -0.25) is 4.79 Å². The molecule has 152 valence electrons. The van der Waals surface area contributed by atoms with E-state index in [2.05, 4.69) is 0 Å². The average Bonchev–Trinajstić information content (AvgIpc) is 3.22. The highest BCUT2D eigenvalue weighted by Crippen LogP contribution is 2.48. The number of benzene rings is 1. The minimum atomic E-state index is -0.922. The Hall–Kier alpha value is -3.29. The van der Waals surface area contributed by atoms with E-state index in [1.165, 1.54) is 12.3 Å². The summed E-state index contributed by atoms with van der Waals surface area (Å²) in [7, 11) is 0. The minimum Gasteiger partial charge on any atom is -0.469 e. The zero-order valence-electron chi connectivity index (χ0n) is 16.5. The second kappa shape index (κ2) is 6.65. The number of nitrogens with zero attached hydrogens (tertiary/aromatic N) is 1. The van der Waals surface area contributed by atoms with E-state index in [1.54, 1.807) is 33.8 Å². The lowest BCUT2D eigenvalue weighted by Crippen LogP contribution is -2.44. The van der Waals surface area contributed by atoms with E-state index in [1.807, 2.05) is 18.2 Å². The molecule has 0 spiro atoms. The van der Waals surface area contributed by atoms with Crippen LogP contribution >= 0.6 is 0 Å². The third-order valence-electron chi connectivity index (χ3n) is 4.69. The summed E-state index contributed by atoms with van der Waals surface area (Å²) >= 11 is 0. The molecule has 0 saturated carbocycles. The van der Waals surface area contributed by atoms with Crippen molar-refractivity contribution < 1.29 is 33.3 Å². The first-order chi connectivity index (χ1) is 13.7. The molecule has 1 aromatic carbocycles. The van der Waals surface area contributed by atoms with Crippen LogP contribution < -0.4 is 4.74 Å². The Bertz CT molecular complexity index is 956. The van der Waals surface area contributed by atoms with Crippen LogP contribution in [0.25, 0.3) is 0 Å². The van der Waals surface area contributed by atoms with Crippen molar-refractivity contribution in [1.82, 2.24) is 4.90 Å². The SMILES string of the molecule is CC1=CC(O/C=C2/C(=O)N(C(=O)OC(C)(C)C)C3Oc4ccccc4C23)OC1=O. The maximum Gasteiger partial charge on any atom is 0.420 e. The van der Waals surface area contributed by atoms with Crippen LogP contribution in [0.15, 0.2) is 47.7 Å². The summed E-state index contributed by atoms with van der Waals surface area (Å²) in [6.07, 6.45) is 0.170. The molecule has 4 rings (SSSR count). The van der Waals surface area contributed by atoms with E-state index >= 15 is 0 Å². The first-order valence-corrected chi connectivity index (χ1v) is 9.23. The van der Waals surface area contributed by atoms with Crippen molar-refractivity contribution in [3.8, 4) is 5.75 Å². The van der Waals surface area contributed by atoms with Crippen LogP contribution in [0.1, 0.15) is 39.2 Å². The van der Waals surface area contributed by atoms with Crippen molar-refractivity contribution in [3.05, 3.63) is 53.3 Å². The number of fused-ring (bicyclic) bond motifs is 3. The highest BCUT2D eigenvalue weighted by atomic mass is 16.7. The molecule has 0 aromatic heterocycles. The molecule has 0 radical (unpaired) electrons. The van der Waals surface area contributed by atoms with Crippen LogP contribution in [0.3, 0.4) is 0 Å². The number of hydrogen-bond acceptors (Lipinski definition) is 7. The van der Waals surface area contributed by atoms with Gasteiger partial charge in [0, 0.05) is 17.2 Å². The van der Waals surface area contributed by atoms with E-state index < -0.39 is 42.0 Å². The molecular formula is C21H21NO7. The van der Waals surface area contributed by atoms with Gasteiger partial charge in [0.25, 0.3) is 12.2 Å². The van der Waals surface area contributed by atoms with Gasteiger partial charge in [-0.15, -0.1) is 0 Å². The molecule has 8 heteroatoms. The van der Waals surface area contributed by atoms with E-state index in [0.29, 0.717) is 11.3 Å². The van der Waals surface area contributed by atoms with Crippen molar-refractivity contribution in [2.75, 3.05) is 0 Å². The summed E-state index contributed by atoms with van der Waals surface area (Å²) in [6.45, 7) is 6.77. The fraction of sp³-hybridized carbons (Fsp3) is 0.381. The molecular weight excluding hydrogens is 378 g/mol. The molecule has 3 aliphatic heterocycles. The number of ether oxygens (including phenoxy) is 4. The number of cyclic esters (lactones) is 1. The van der Waals surface area contributed by atoms with E-state index in [0.717, 1.165) is 10.5 Å². The molecule has 1 fully saturated rings. The molecule has 1 saturated heterocycles. The van der Waals surface area contributed by atoms with E-state index in [4.69, 9.17) is 18.9 Å². The Morgan fingerprint density at radius 1 is 1.17 bits per heavy atom. The number of carbonyl (C=O) groups is 3. The van der Waals surface area contributed by atoms with Crippen LogP contribution in [0.4, 0.5) is 4.79 Å². The number of likely N-dealkylation sites (tertiary alicyclic amines) is 1. The zero-order chi connectivity index (χ0) is 20.9. The number of hydrogen-bond donors (Lipinski definition) is 0. The summed E-state index contributed by atoms with van der Waals surface area (Å²) in [6, 6.07) is 7.24. The van der Waals surface area contributed by atoms with Gasteiger partial charge < -0.3 is 18.9 Å². The van der Waals surface area contributed by atoms with Crippen LogP contribution in [0, 0.1) is 0 Å². The Morgan fingerprint density at radius 3 is 2.55 bits per heavy atom. The maximum atomic E-state index is 13.1. The van der Waals surface area contributed by atoms with Gasteiger partial charge in [0.2, 0.25) is 0 Å². The molecule has 2 amide bonds. The molecule has 29 heavy (non-hydrogen) atoms. The Kier molecular flexibility index (Phi) is 4.37. The van der Waals surface area contributed by atoms with Crippen molar-refractivity contribution in [2.45, 2.75) is 51.7 Å². The summed E-state index contributed by atoms with van der Waals surface area (Å²) in [5, 5.41) is 0. The summed E-state index contributed by atoms with van der Waals surface area (Å²) in [5.74, 6) is -1.01. The summed E-state index contributed by atoms with van der Waals surface area (Å²) < 4.78 is 21.8. The zero-order valence-corrected chi connectivity index (χ0v) is 16.5. The van der Waals surface area contributed by atoms with E-state index in [9.17, 15) is 14.4 Å². The molecule has 0 aliphatic carbocycles. The highest BCUT2D eigenvalue weighted by molar-refractivity contribution is 6.07. The number of esters is 1. The third kappa shape index (κ3) is 3.35. The first kappa shape index (κ1) is 19.0. The molecule has 3 atom stereocenters. The second-order valence-electron chi connectivity index (χ2n) is 8.01. The molecule has 3 aliphatic rings. The Morgan fingerprint density at radius 2 is 1.90 bits per heavy atom. The van der Waals surface area contributed by atoms with Crippen LogP contribution in [0.2, 0.25) is 0 Å². The second-order valence-corrected chi connectivity index (χ2v) is 8.01. The van der Waals surface area contributed by atoms with Crippen molar-refractivity contribution in [1.29, 1.82) is 0 Å². The Labute approximate surface area is 167 Å². The normalized spacial score (nSPS) is 26.6. The lowest BCUT2D eigenvalue weighted by molar-refractivity contribution is -0.152. The number of imide groups is 1. The fourth-order valence-electron chi connectivity index (χ4n) is 3.44. The van der Waals surface area contributed by atoms with E-state index in [-0.39, 0.29) is 5.57 Å². The number of amides is 2. The van der Waals surface area contributed by atoms with Gasteiger partial charge >= 0.3 is 12.1 Å². The van der Waals surface area contributed by atoms with Gasteiger partial charge in [-0.25, -0.2) is 14.5 Å². The smallest absolute Gasteiger partial charge is 0.420 e. The topological polar surface area (TPSA) is 91.4 Å². The first-order valence-electron chi connectivity index (χ1n) is 9.23. The van der Waals surface area contributed by atoms with Crippen LogP contribution in [-0.2, 0) is 23.8 Å². The predicted octanol–water partition coefficient (Wildman–Crippen LogP) is 3.00. The average molecular weight is 399 g/mol. The fourth-order valence-corrected chi connectivity index (χ4v) is 3.44.